The van der Waals surface area contributed by atoms with Crippen molar-refractivity contribution in [1.82, 2.24) is 24.5 Å². The van der Waals surface area contributed by atoms with Crippen molar-refractivity contribution in [3.05, 3.63) is 47.3 Å². The van der Waals surface area contributed by atoms with Crippen molar-refractivity contribution in [1.29, 1.82) is 0 Å². The molecule has 4 rings (SSSR count). The third-order valence-electron chi connectivity index (χ3n) is 4.54. The van der Waals surface area contributed by atoms with Gasteiger partial charge in [-0.1, -0.05) is 0 Å². The van der Waals surface area contributed by atoms with Gasteiger partial charge in [-0.15, -0.1) is 0 Å². The van der Waals surface area contributed by atoms with Crippen LogP contribution in [0.15, 0.2) is 41.7 Å². The van der Waals surface area contributed by atoms with Gasteiger partial charge < -0.3 is 10.2 Å². The van der Waals surface area contributed by atoms with E-state index in [-0.39, 0.29) is 5.56 Å². The van der Waals surface area contributed by atoms with Gasteiger partial charge in [-0.2, -0.15) is 4.98 Å². The van der Waals surface area contributed by atoms with Crippen LogP contribution in [0.5, 0.6) is 0 Å². The van der Waals surface area contributed by atoms with Crippen molar-refractivity contribution >= 4 is 22.8 Å². The van der Waals surface area contributed by atoms with Crippen molar-refractivity contribution in [3.8, 4) is 0 Å². The molecule has 1 saturated heterocycles. The number of nitrogens with zero attached hydrogens (tertiary/aromatic N) is 6. The normalized spacial score (nSPS) is 15.5. The Morgan fingerprint density at radius 1 is 1.16 bits per heavy atom. The van der Waals surface area contributed by atoms with Crippen LogP contribution in [0.4, 0.5) is 11.8 Å². The fourth-order valence-corrected chi connectivity index (χ4v) is 3.19. The van der Waals surface area contributed by atoms with E-state index in [2.05, 4.69) is 30.2 Å². The second-order valence-electron chi connectivity index (χ2n) is 6.15. The van der Waals surface area contributed by atoms with Gasteiger partial charge in [-0.3, -0.25) is 9.36 Å². The van der Waals surface area contributed by atoms with E-state index in [0.717, 1.165) is 31.7 Å². The summed E-state index contributed by atoms with van der Waals surface area (Å²) in [6.45, 7) is 1.64. The number of rotatable bonds is 3. The van der Waals surface area contributed by atoms with Crippen LogP contribution in [-0.2, 0) is 7.05 Å². The summed E-state index contributed by atoms with van der Waals surface area (Å²) in [5, 5.41) is 3.98. The largest absolute Gasteiger partial charge is 0.367 e. The Morgan fingerprint density at radius 3 is 2.76 bits per heavy atom. The van der Waals surface area contributed by atoms with E-state index < -0.39 is 0 Å². The number of piperidine rings is 1. The van der Waals surface area contributed by atoms with Crippen molar-refractivity contribution < 1.29 is 0 Å². The number of fused-ring (bicyclic) bond motifs is 1. The molecular weight excluding hydrogens is 318 g/mol. The third kappa shape index (κ3) is 3.02. The molecule has 0 radical (unpaired) electrons. The number of hydrogen-bond donors (Lipinski definition) is 1. The number of nitrogens with one attached hydrogen (secondary N) is 1. The van der Waals surface area contributed by atoms with Gasteiger partial charge in [-0.05, 0) is 31.0 Å². The van der Waals surface area contributed by atoms with E-state index >= 15 is 0 Å². The fraction of sp³-hybridized carbons (Fsp3) is 0.353. The average molecular weight is 337 g/mol. The Labute approximate surface area is 144 Å². The highest BCUT2D eigenvalue weighted by molar-refractivity contribution is 5.74. The van der Waals surface area contributed by atoms with E-state index in [0.29, 0.717) is 23.0 Å². The van der Waals surface area contributed by atoms with Crippen LogP contribution in [0.1, 0.15) is 12.8 Å². The van der Waals surface area contributed by atoms with Gasteiger partial charge in [0.2, 0.25) is 5.95 Å². The van der Waals surface area contributed by atoms with Gasteiger partial charge in [0, 0.05) is 38.6 Å². The lowest BCUT2D eigenvalue weighted by Crippen LogP contribution is -2.42. The van der Waals surface area contributed by atoms with Crippen LogP contribution in [-0.4, -0.2) is 43.6 Å². The van der Waals surface area contributed by atoms with Crippen molar-refractivity contribution in [2.45, 2.75) is 18.9 Å². The first kappa shape index (κ1) is 15.5. The Kier molecular flexibility index (Phi) is 4.01. The van der Waals surface area contributed by atoms with Crippen LogP contribution in [0.3, 0.4) is 0 Å². The molecule has 0 unspecified atom stereocenters. The van der Waals surface area contributed by atoms with Crippen LogP contribution < -0.4 is 15.8 Å². The van der Waals surface area contributed by atoms with Crippen LogP contribution in [0, 0.1) is 0 Å². The molecule has 1 aliphatic heterocycles. The minimum absolute atomic E-state index is 0.0608. The number of pyridine rings is 1. The molecule has 0 bridgehead atoms. The molecule has 8 nitrogen and oxygen atoms in total. The summed E-state index contributed by atoms with van der Waals surface area (Å²) in [7, 11) is 1.77. The lowest BCUT2D eigenvalue weighted by Gasteiger charge is -2.33. The predicted molar refractivity (Wildman–Crippen MR) is 95.7 cm³/mol. The Bertz CT molecular complexity index is 933. The Balaban J connectivity index is 1.52. The average Bonchev–Trinajstić information content (AvgIpc) is 2.66. The molecule has 128 valence electrons. The van der Waals surface area contributed by atoms with E-state index in [4.69, 9.17) is 0 Å². The minimum atomic E-state index is -0.0608. The highest BCUT2D eigenvalue weighted by atomic mass is 16.1. The zero-order valence-corrected chi connectivity index (χ0v) is 14.0. The quantitative estimate of drug-likeness (QED) is 0.768. The van der Waals surface area contributed by atoms with Crippen molar-refractivity contribution in [2.24, 2.45) is 7.05 Å². The SMILES string of the molecule is Cn1c(N2CCC(Nc3ccncn3)CC2)nc2ncccc2c1=O. The summed E-state index contributed by atoms with van der Waals surface area (Å²) >= 11 is 0. The summed E-state index contributed by atoms with van der Waals surface area (Å²) in [5.74, 6) is 1.52. The van der Waals surface area contributed by atoms with Gasteiger partial charge in [0.15, 0.2) is 5.65 Å². The summed E-state index contributed by atoms with van der Waals surface area (Å²) in [4.78, 5) is 31.6. The standard InChI is InChI=1S/C17H19N7O/c1-23-16(25)13-3-2-7-19-15(13)22-17(23)24-9-5-12(6-10-24)21-14-4-8-18-11-20-14/h2-4,7-8,11-12H,5-6,9-10H2,1H3,(H,18,20,21). The fourth-order valence-electron chi connectivity index (χ4n) is 3.19. The highest BCUT2D eigenvalue weighted by Crippen LogP contribution is 2.20. The minimum Gasteiger partial charge on any atom is -0.367 e. The molecule has 1 N–H and O–H groups in total. The maximum absolute atomic E-state index is 12.5. The summed E-state index contributed by atoms with van der Waals surface area (Å²) in [6, 6.07) is 5.74. The molecule has 0 amide bonds. The van der Waals surface area contributed by atoms with Gasteiger partial charge in [0.05, 0.1) is 5.39 Å². The van der Waals surface area contributed by atoms with Gasteiger partial charge in [-0.25, -0.2) is 15.0 Å². The topological polar surface area (TPSA) is 88.8 Å². The lowest BCUT2D eigenvalue weighted by atomic mass is 10.1. The van der Waals surface area contributed by atoms with E-state index in [1.807, 2.05) is 6.07 Å². The second-order valence-corrected chi connectivity index (χ2v) is 6.15. The van der Waals surface area contributed by atoms with E-state index in [1.165, 1.54) is 0 Å². The predicted octanol–water partition coefficient (Wildman–Crippen LogP) is 1.20. The number of anilines is 2. The van der Waals surface area contributed by atoms with Crippen molar-refractivity contribution in [2.75, 3.05) is 23.3 Å². The smallest absolute Gasteiger partial charge is 0.264 e. The van der Waals surface area contributed by atoms with Gasteiger partial charge in [0.25, 0.3) is 5.56 Å². The molecule has 0 saturated carbocycles. The van der Waals surface area contributed by atoms with E-state index in [9.17, 15) is 4.79 Å². The zero-order chi connectivity index (χ0) is 17.2. The molecule has 4 heterocycles. The van der Waals surface area contributed by atoms with Gasteiger partial charge in [0.1, 0.15) is 12.1 Å². The number of hydrogen-bond acceptors (Lipinski definition) is 7. The Morgan fingerprint density at radius 2 is 2.00 bits per heavy atom. The lowest BCUT2D eigenvalue weighted by molar-refractivity contribution is 0.512. The van der Waals surface area contributed by atoms with Crippen LogP contribution in [0.2, 0.25) is 0 Å². The molecule has 0 atom stereocenters. The molecule has 0 aromatic carbocycles. The third-order valence-corrected chi connectivity index (χ3v) is 4.54. The first-order valence-corrected chi connectivity index (χ1v) is 8.31. The second kappa shape index (κ2) is 6.46. The molecule has 3 aromatic heterocycles. The highest BCUT2D eigenvalue weighted by Gasteiger charge is 2.23. The van der Waals surface area contributed by atoms with Gasteiger partial charge >= 0.3 is 0 Å². The molecule has 1 aliphatic rings. The molecule has 3 aromatic rings. The molecular formula is C17H19N7O. The van der Waals surface area contributed by atoms with Crippen molar-refractivity contribution in [3.63, 3.8) is 0 Å². The number of aromatic nitrogens is 5. The molecule has 1 fully saturated rings. The monoisotopic (exact) mass is 337 g/mol. The molecule has 0 aliphatic carbocycles. The molecule has 25 heavy (non-hydrogen) atoms. The summed E-state index contributed by atoms with van der Waals surface area (Å²) < 4.78 is 1.61. The van der Waals surface area contributed by atoms with E-state index in [1.54, 1.807) is 42.5 Å². The van der Waals surface area contributed by atoms with Crippen LogP contribution in [0.25, 0.3) is 11.0 Å². The maximum Gasteiger partial charge on any atom is 0.264 e. The first-order valence-electron chi connectivity index (χ1n) is 8.31. The molecule has 8 heteroatoms. The Hall–Kier alpha value is -3.03. The maximum atomic E-state index is 12.5. The summed E-state index contributed by atoms with van der Waals surface area (Å²) in [6.07, 6.45) is 6.82. The van der Waals surface area contributed by atoms with Crippen LogP contribution >= 0.6 is 0 Å². The molecule has 0 spiro atoms. The first-order chi connectivity index (χ1) is 12.2. The zero-order valence-electron chi connectivity index (χ0n) is 14.0. The summed E-state index contributed by atoms with van der Waals surface area (Å²) in [5.41, 5.74) is 0.441.